The van der Waals surface area contributed by atoms with E-state index in [0.29, 0.717) is 23.3 Å². The first-order valence-corrected chi connectivity index (χ1v) is 14.5. The van der Waals surface area contributed by atoms with Gasteiger partial charge in [-0.05, 0) is 74.0 Å². The minimum Gasteiger partial charge on any atom is -0.444 e. The van der Waals surface area contributed by atoms with Crippen LogP contribution in [0, 0.1) is 0 Å². The highest BCUT2D eigenvalue weighted by atomic mass is 35.5. The zero-order valence-electron chi connectivity index (χ0n) is 23.5. The molecule has 0 radical (unpaired) electrons. The lowest BCUT2D eigenvalue weighted by Gasteiger charge is -2.37. The molecule has 2 aromatic carbocycles. The van der Waals surface area contributed by atoms with Gasteiger partial charge in [0.2, 0.25) is 0 Å². The fraction of sp³-hybridized carbons (Fsp3) is 0.379. The van der Waals surface area contributed by atoms with Gasteiger partial charge in [-0.3, -0.25) is 24.1 Å². The predicted molar refractivity (Wildman–Crippen MR) is 156 cm³/mol. The fourth-order valence-electron chi connectivity index (χ4n) is 4.72. The van der Waals surface area contributed by atoms with Crippen LogP contribution in [0.3, 0.4) is 0 Å². The van der Waals surface area contributed by atoms with Gasteiger partial charge in [0, 0.05) is 17.0 Å². The number of carbonyl (C=O) groups excluding carboxylic acids is 3. The Hall–Kier alpha value is -3.55. The Kier molecular flexibility index (Phi) is 8.52. The van der Waals surface area contributed by atoms with Gasteiger partial charge in [0.05, 0.1) is 54.5 Å². The maximum absolute atomic E-state index is 13.2. The topological polar surface area (TPSA) is 94.0 Å². The number of benzene rings is 2. The number of ether oxygens (including phenoxy) is 2. The first kappa shape index (κ1) is 30.9. The molecule has 2 saturated heterocycles. The Morgan fingerprint density at radius 3 is 2.65 bits per heavy atom. The Balaban J connectivity index is 1.30. The molecule has 5 rings (SSSR count). The maximum atomic E-state index is 13.2. The summed E-state index contributed by atoms with van der Waals surface area (Å²) in [6, 6.07) is 7.97. The molecule has 0 N–H and O–H groups in total. The van der Waals surface area contributed by atoms with Crippen molar-refractivity contribution in [3.8, 4) is 0 Å². The highest BCUT2D eigenvalue weighted by molar-refractivity contribution is 8.18. The fourth-order valence-corrected chi connectivity index (χ4v) is 5.81. The zero-order valence-corrected chi connectivity index (χ0v) is 25.1. The van der Waals surface area contributed by atoms with Crippen LogP contribution >= 0.6 is 23.4 Å². The molecule has 3 amide bonds. The molecular weight excluding hydrogens is 609 g/mol. The van der Waals surface area contributed by atoms with Gasteiger partial charge in [-0.15, -0.1) is 0 Å². The molecule has 0 saturated carbocycles. The number of hydrogen-bond acceptors (Lipinski definition) is 7. The Labute approximate surface area is 254 Å². The average Bonchev–Trinajstić information content (AvgIpc) is 3.43. The van der Waals surface area contributed by atoms with Gasteiger partial charge < -0.3 is 9.47 Å². The number of rotatable bonds is 5. The second-order valence-corrected chi connectivity index (χ2v) is 12.5. The van der Waals surface area contributed by atoms with Crippen molar-refractivity contribution in [2.75, 3.05) is 26.3 Å². The molecule has 0 spiro atoms. The number of nitrogens with zero attached hydrogens (tertiary/aromatic N) is 4. The zero-order chi connectivity index (χ0) is 31.1. The van der Waals surface area contributed by atoms with Crippen molar-refractivity contribution in [3.63, 3.8) is 0 Å². The molecule has 2 aliphatic heterocycles. The molecule has 0 unspecified atom stereocenters. The maximum Gasteiger partial charge on any atom is 0.416 e. The molecule has 2 aliphatic rings. The van der Waals surface area contributed by atoms with Crippen molar-refractivity contribution in [3.05, 3.63) is 69.2 Å². The molecule has 1 aromatic heterocycles. The summed E-state index contributed by atoms with van der Waals surface area (Å²) in [5, 5.41) is 4.61. The van der Waals surface area contributed by atoms with E-state index >= 15 is 0 Å². The monoisotopic (exact) mass is 636 g/mol. The first-order chi connectivity index (χ1) is 20.2. The molecule has 3 heterocycles. The van der Waals surface area contributed by atoms with E-state index in [2.05, 4.69) is 5.10 Å². The van der Waals surface area contributed by atoms with Crippen molar-refractivity contribution in [1.29, 1.82) is 0 Å². The third kappa shape index (κ3) is 7.00. The summed E-state index contributed by atoms with van der Waals surface area (Å²) in [6.07, 6.45) is -1.81. The highest BCUT2D eigenvalue weighted by Gasteiger charge is 2.40. The van der Waals surface area contributed by atoms with Crippen LogP contribution in [0.1, 0.15) is 37.5 Å². The number of alkyl halides is 3. The molecule has 3 aromatic rings. The summed E-state index contributed by atoms with van der Waals surface area (Å²) in [4.78, 5) is 41.6. The van der Waals surface area contributed by atoms with Gasteiger partial charge in [0.25, 0.3) is 11.1 Å². The number of hydrogen-bond donors (Lipinski definition) is 0. The summed E-state index contributed by atoms with van der Waals surface area (Å²) >= 11 is 6.93. The van der Waals surface area contributed by atoms with Gasteiger partial charge >= 0.3 is 12.3 Å². The van der Waals surface area contributed by atoms with Crippen LogP contribution in [-0.4, -0.2) is 74.8 Å². The lowest BCUT2D eigenvalue weighted by atomic mass is 10.1. The van der Waals surface area contributed by atoms with Gasteiger partial charge in [0.1, 0.15) is 5.60 Å². The quantitative estimate of drug-likeness (QED) is 0.298. The number of imide groups is 1. The number of morpholine rings is 1. The van der Waals surface area contributed by atoms with E-state index in [1.165, 1.54) is 11.0 Å². The number of thioether (sulfide) groups is 1. The van der Waals surface area contributed by atoms with E-state index in [9.17, 15) is 27.6 Å². The minimum absolute atomic E-state index is 0.0141. The molecule has 2 fully saturated rings. The average molecular weight is 637 g/mol. The standard InChI is InChI=1S/C29H28ClF3N4O5S/c1-28(2,3)42-26(39)35-8-9-41-16-21(35)15-36-25(38)24(43-27(36)40)11-17-4-7-23-19(10-17)13-34-37(23)14-18-5-6-20(12-22(18)30)29(31,32)33/h4-7,10-13,21H,8-9,14-16H2,1-3H3/t21-/m1/s1. The third-order valence-corrected chi connectivity index (χ3v) is 8.05. The second-order valence-electron chi connectivity index (χ2n) is 11.1. The predicted octanol–water partition coefficient (Wildman–Crippen LogP) is 6.43. The number of amides is 3. The number of fused-ring (bicyclic) bond motifs is 1. The van der Waals surface area contributed by atoms with Crippen molar-refractivity contribution >= 4 is 57.6 Å². The smallest absolute Gasteiger partial charge is 0.416 e. The second kappa shape index (κ2) is 11.9. The normalized spacial score (nSPS) is 19.1. The van der Waals surface area contributed by atoms with Crippen LogP contribution in [0.2, 0.25) is 5.02 Å². The van der Waals surface area contributed by atoms with Gasteiger partial charge in [-0.1, -0.05) is 23.7 Å². The van der Waals surface area contributed by atoms with Crippen LogP contribution in [0.4, 0.5) is 22.8 Å². The van der Waals surface area contributed by atoms with E-state index in [1.807, 2.05) is 0 Å². The van der Waals surface area contributed by atoms with E-state index in [4.69, 9.17) is 21.1 Å². The number of aromatic nitrogens is 2. The number of carbonyl (C=O) groups is 3. The Morgan fingerprint density at radius 1 is 1.19 bits per heavy atom. The van der Waals surface area contributed by atoms with Gasteiger partial charge in [-0.25, -0.2) is 4.79 Å². The summed E-state index contributed by atoms with van der Waals surface area (Å²) in [5.74, 6) is -0.475. The molecule has 9 nitrogen and oxygen atoms in total. The SMILES string of the molecule is CC(C)(C)OC(=O)N1CCOC[C@H]1CN1C(=O)SC(=Cc2ccc3c(cnn3Cc3ccc(C(F)(F)F)cc3Cl)c2)C1=O. The molecule has 14 heteroatoms. The molecule has 43 heavy (non-hydrogen) atoms. The lowest BCUT2D eigenvalue weighted by molar-refractivity contribution is -0.137. The van der Waals surface area contributed by atoms with Crippen LogP contribution in [0.15, 0.2) is 47.5 Å². The van der Waals surface area contributed by atoms with Crippen molar-refractivity contribution in [2.45, 2.75) is 45.1 Å². The summed E-state index contributed by atoms with van der Waals surface area (Å²) < 4.78 is 51.6. The van der Waals surface area contributed by atoms with Gasteiger partial charge in [0.15, 0.2) is 0 Å². The van der Waals surface area contributed by atoms with E-state index < -0.39 is 40.6 Å². The van der Waals surface area contributed by atoms with Crippen LogP contribution < -0.4 is 0 Å². The Bertz CT molecular complexity index is 1620. The summed E-state index contributed by atoms with van der Waals surface area (Å²) in [5.41, 5.74) is 0.319. The Morgan fingerprint density at radius 2 is 1.95 bits per heavy atom. The molecule has 1 atom stereocenters. The van der Waals surface area contributed by atoms with E-state index in [0.717, 1.165) is 34.2 Å². The lowest BCUT2D eigenvalue weighted by Crippen LogP contribution is -2.55. The van der Waals surface area contributed by atoms with E-state index in [-0.39, 0.29) is 36.2 Å². The summed E-state index contributed by atoms with van der Waals surface area (Å²) in [6.45, 7) is 6.19. The third-order valence-electron chi connectivity index (χ3n) is 6.79. The van der Waals surface area contributed by atoms with Gasteiger partial charge in [-0.2, -0.15) is 18.3 Å². The van der Waals surface area contributed by atoms with Crippen LogP contribution in [0.25, 0.3) is 17.0 Å². The largest absolute Gasteiger partial charge is 0.444 e. The molecule has 228 valence electrons. The van der Waals surface area contributed by atoms with Crippen LogP contribution in [0.5, 0.6) is 0 Å². The molecule has 0 aliphatic carbocycles. The first-order valence-electron chi connectivity index (χ1n) is 13.3. The van der Waals surface area contributed by atoms with Crippen molar-refractivity contribution in [1.82, 2.24) is 19.6 Å². The van der Waals surface area contributed by atoms with E-state index in [1.54, 1.807) is 55.9 Å². The molecule has 0 bridgehead atoms. The van der Waals surface area contributed by atoms with Crippen molar-refractivity contribution in [2.24, 2.45) is 0 Å². The summed E-state index contributed by atoms with van der Waals surface area (Å²) in [7, 11) is 0. The van der Waals surface area contributed by atoms with Crippen molar-refractivity contribution < 1.29 is 37.0 Å². The highest BCUT2D eigenvalue weighted by Crippen LogP contribution is 2.34. The van der Waals surface area contributed by atoms with Crippen LogP contribution in [-0.2, 0) is 27.0 Å². The molecular formula is C29H28ClF3N4O5S. The minimum atomic E-state index is -4.49. The number of halogens is 4.